The van der Waals surface area contributed by atoms with Crippen molar-refractivity contribution in [2.75, 3.05) is 13.2 Å². The van der Waals surface area contributed by atoms with Gasteiger partial charge in [-0.2, -0.15) is 0 Å². The molecular weight excluding hydrogens is 274 g/mol. The van der Waals surface area contributed by atoms with Crippen LogP contribution in [0.15, 0.2) is 17.5 Å². The Bertz CT molecular complexity index is 403. The Morgan fingerprint density at radius 2 is 2.40 bits per heavy atom. The molecule has 1 aromatic heterocycles. The fourth-order valence-corrected chi connectivity index (χ4v) is 2.90. The molecule has 1 atom stereocenters. The first-order chi connectivity index (χ1) is 9.69. The maximum atomic E-state index is 11.3. The summed E-state index contributed by atoms with van der Waals surface area (Å²) in [6.45, 7) is 3.49. The second-order valence-electron chi connectivity index (χ2n) is 5.33. The third kappa shape index (κ3) is 5.23. The van der Waals surface area contributed by atoms with Crippen molar-refractivity contribution in [3.63, 3.8) is 0 Å². The standard InChI is InChI=1S/C15H23NO3S/c1-2-4-15(18)19-11-13(17)9-16(12-6-7-12)10-14-5-3-8-20-14/h3,5,8,12-13,17H,2,4,6-7,9-11H2,1H3. The van der Waals surface area contributed by atoms with Crippen molar-refractivity contribution in [2.45, 2.75) is 51.3 Å². The van der Waals surface area contributed by atoms with Crippen LogP contribution in [0.4, 0.5) is 0 Å². The zero-order valence-corrected chi connectivity index (χ0v) is 12.8. The predicted molar refractivity (Wildman–Crippen MR) is 79.6 cm³/mol. The molecular formula is C15H23NO3S. The summed E-state index contributed by atoms with van der Waals surface area (Å²) < 4.78 is 5.07. The lowest BCUT2D eigenvalue weighted by molar-refractivity contribution is -0.147. The first kappa shape index (κ1) is 15.5. The molecule has 0 aliphatic heterocycles. The maximum absolute atomic E-state index is 11.3. The van der Waals surface area contributed by atoms with Gasteiger partial charge in [-0.1, -0.05) is 13.0 Å². The van der Waals surface area contributed by atoms with Crippen LogP contribution in [0.5, 0.6) is 0 Å². The normalized spacial score (nSPS) is 16.4. The molecule has 1 unspecified atom stereocenters. The van der Waals surface area contributed by atoms with Gasteiger partial charge in [-0.25, -0.2) is 0 Å². The molecule has 0 aromatic carbocycles. The van der Waals surface area contributed by atoms with E-state index in [1.807, 2.05) is 13.0 Å². The molecule has 1 fully saturated rings. The van der Waals surface area contributed by atoms with Crippen LogP contribution >= 0.6 is 11.3 Å². The second kappa shape index (κ2) is 7.76. The van der Waals surface area contributed by atoms with Crippen molar-refractivity contribution in [1.29, 1.82) is 0 Å². The van der Waals surface area contributed by atoms with Gasteiger partial charge >= 0.3 is 5.97 Å². The summed E-state index contributed by atoms with van der Waals surface area (Å²) in [4.78, 5) is 14.9. The summed E-state index contributed by atoms with van der Waals surface area (Å²) in [5.74, 6) is -0.220. The quantitative estimate of drug-likeness (QED) is 0.711. The molecule has 5 heteroatoms. The zero-order valence-electron chi connectivity index (χ0n) is 12.0. The fraction of sp³-hybridized carbons (Fsp3) is 0.667. The molecule has 1 N–H and O–H groups in total. The highest BCUT2D eigenvalue weighted by molar-refractivity contribution is 7.09. The van der Waals surface area contributed by atoms with Crippen LogP contribution in [0.25, 0.3) is 0 Å². The van der Waals surface area contributed by atoms with E-state index in [4.69, 9.17) is 4.74 Å². The van der Waals surface area contributed by atoms with Crippen LogP contribution in [0, 0.1) is 0 Å². The molecule has 0 amide bonds. The van der Waals surface area contributed by atoms with E-state index in [2.05, 4.69) is 16.3 Å². The molecule has 0 spiro atoms. The van der Waals surface area contributed by atoms with Gasteiger partial charge in [0.2, 0.25) is 0 Å². The molecule has 4 nitrogen and oxygen atoms in total. The van der Waals surface area contributed by atoms with Crippen LogP contribution in [0.3, 0.4) is 0 Å². The fourth-order valence-electron chi connectivity index (χ4n) is 2.17. The van der Waals surface area contributed by atoms with Crippen molar-refractivity contribution in [3.05, 3.63) is 22.4 Å². The summed E-state index contributed by atoms with van der Waals surface area (Å²) in [5.41, 5.74) is 0. The Balaban J connectivity index is 1.74. The van der Waals surface area contributed by atoms with Gasteiger partial charge in [0.05, 0.1) is 0 Å². The Hall–Kier alpha value is -0.910. The zero-order chi connectivity index (χ0) is 14.4. The predicted octanol–water partition coefficient (Wildman–Crippen LogP) is 2.42. The van der Waals surface area contributed by atoms with E-state index < -0.39 is 6.10 Å². The number of carbonyl (C=O) groups is 1. The van der Waals surface area contributed by atoms with Crippen molar-refractivity contribution < 1.29 is 14.6 Å². The van der Waals surface area contributed by atoms with Crippen LogP contribution < -0.4 is 0 Å². The van der Waals surface area contributed by atoms with Crippen molar-refractivity contribution in [1.82, 2.24) is 4.90 Å². The topological polar surface area (TPSA) is 49.8 Å². The first-order valence-electron chi connectivity index (χ1n) is 7.29. The van der Waals surface area contributed by atoms with Gasteiger partial charge in [-0.15, -0.1) is 11.3 Å². The molecule has 112 valence electrons. The molecule has 1 aromatic rings. The van der Waals surface area contributed by atoms with Crippen molar-refractivity contribution in [3.8, 4) is 0 Å². The summed E-state index contributed by atoms with van der Waals surface area (Å²) in [6.07, 6.45) is 3.01. The summed E-state index contributed by atoms with van der Waals surface area (Å²) in [5, 5.41) is 12.1. The Kier molecular flexibility index (Phi) is 6.01. The largest absolute Gasteiger partial charge is 0.463 e. The van der Waals surface area contributed by atoms with E-state index in [9.17, 15) is 9.90 Å². The van der Waals surface area contributed by atoms with Gasteiger partial charge in [-0.3, -0.25) is 9.69 Å². The lowest BCUT2D eigenvalue weighted by Gasteiger charge is -2.24. The number of carbonyl (C=O) groups excluding carboxylic acids is 1. The minimum atomic E-state index is -0.601. The number of aliphatic hydroxyl groups is 1. The minimum Gasteiger partial charge on any atom is -0.463 e. The third-order valence-corrected chi connectivity index (χ3v) is 4.20. The molecule has 0 saturated heterocycles. The van der Waals surface area contributed by atoms with Crippen LogP contribution in [-0.2, 0) is 16.1 Å². The van der Waals surface area contributed by atoms with E-state index in [0.29, 0.717) is 19.0 Å². The van der Waals surface area contributed by atoms with Crippen LogP contribution in [0.1, 0.15) is 37.5 Å². The van der Waals surface area contributed by atoms with Gasteiger partial charge in [0.25, 0.3) is 0 Å². The highest BCUT2D eigenvalue weighted by atomic mass is 32.1. The number of hydrogen-bond acceptors (Lipinski definition) is 5. The van der Waals surface area contributed by atoms with Gasteiger partial charge < -0.3 is 9.84 Å². The van der Waals surface area contributed by atoms with Gasteiger partial charge in [0.1, 0.15) is 12.7 Å². The number of aliphatic hydroxyl groups excluding tert-OH is 1. The van der Waals surface area contributed by atoms with Crippen molar-refractivity contribution >= 4 is 17.3 Å². The Labute approximate surface area is 124 Å². The van der Waals surface area contributed by atoms with E-state index >= 15 is 0 Å². The number of esters is 1. The van der Waals surface area contributed by atoms with E-state index in [1.165, 1.54) is 17.7 Å². The third-order valence-electron chi connectivity index (χ3n) is 3.34. The number of thiophene rings is 1. The Morgan fingerprint density at radius 3 is 3.00 bits per heavy atom. The highest BCUT2D eigenvalue weighted by Gasteiger charge is 2.30. The van der Waals surface area contributed by atoms with Gasteiger partial charge in [0, 0.05) is 30.4 Å². The van der Waals surface area contributed by atoms with Gasteiger partial charge in [-0.05, 0) is 30.7 Å². The highest BCUT2D eigenvalue weighted by Crippen LogP contribution is 2.29. The minimum absolute atomic E-state index is 0.104. The monoisotopic (exact) mass is 297 g/mol. The lowest BCUT2D eigenvalue weighted by atomic mass is 10.3. The number of hydrogen-bond donors (Lipinski definition) is 1. The average molecular weight is 297 g/mol. The van der Waals surface area contributed by atoms with E-state index in [0.717, 1.165) is 13.0 Å². The first-order valence-corrected chi connectivity index (χ1v) is 8.17. The van der Waals surface area contributed by atoms with Crippen LogP contribution in [-0.4, -0.2) is 41.3 Å². The van der Waals surface area contributed by atoms with E-state index in [-0.39, 0.29) is 12.6 Å². The molecule has 20 heavy (non-hydrogen) atoms. The summed E-state index contributed by atoms with van der Waals surface area (Å²) >= 11 is 1.74. The summed E-state index contributed by atoms with van der Waals surface area (Å²) in [7, 11) is 0. The molecule has 1 aliphatic rings. The molecule has 1 saturated carbocycles. The number of nitrogens with zero attached hydrogens (tertiary/aromatic N) is 1. The Morgan fingerprint density at radius 1 is 1.60 bits per heavy atom. The number of rotatable bonds is 9. The molecule has 0 bridgehead atoms. The SMILES string of the molecule is CCCC(=O)OCC(O)CN(Cc1cccs1)C1CC1. The molecule has 2 rings (SSSR count). The molecule has 1 heterocycles. The van der Waals surface area contributed by atoms with Gasteiger partial charge in [0.15, 0.2) is 0 Å². The average Bonchev–Trinajstić information content (AvgIpc) is 3.15. The maximum Gasteiger partial charge on any atom is 0.305 e. The number of ether oxygens (including phenoxy) is 1. The molecule has 0 radical (unpaired) electrons. The molecule has 1 aliphatic carbocycles. The second-order valence-corrected chi connectivity index (χ2v) is 6.36. The van der Waals surface area contributed by atoms with E-state index in [1.54, 1.807) is 11.3 Å². The van der Waals surface area contributed by atoms with Crippen molar-refractivity contribution in [2.24, 2.45) is 0 Å². The van der Waals surface area contributed by atoms with Crippen LogP contribution in [0.2, 0.25) is 0 Å². The smallest absolute Gasteiger partial charge is 0.305 e. The summed E-state index contributed by atoms with van der Waals surface area (Å²) in [6, 6.07) is 4.75. The lowest BCUT2D eigenvalue weighted by Crippen LogP contribution is -2.36.